The highest BCUT2D eigenvalue weighted by atomic mass is 35.5. The number of likely N-dealkylation sites (tertiary alicyclic amines) is 1. The van der Waals surface area contributed by atoms with Gasteiger partial charge >= 0.3 is 0 Å². The van der Waals surface area contributed by atoms with Gasteiger partial charge in [-0.05, 0) is 30.4 Å². The first-order valence-electron chi connectivity index (χ1n) is 14.9. The van der Waals surface area contributed by atoms with Crippen molar-refractivity contribution in [2.75, 3.05) is 12.0 Å². The largest absolute Gasteiger partial charge is 0.508 e. The lowest BCUT2D eigenvalue weighted by Gasteiger charge is -2.50. The second-order valence-electron chi connectivity index (χ2n) is 12.4. The quantitative estimate of drug-likeness (QED) is 0.0885. The fourth-order valence-corrected chi connectivity index (χ4v) is 8.76. The van der Waals surface area contributed by atoms with Crippen LogP contribution in [-0.4, -0.2) is 50.5 Å². The standard InChI is InChI=1S/C34H23Cl2F5N2O6/c1-49-20-11-15(44)7-8-17(20)22-16-9-10-18-21(30(46)42(29(18)45)13-14-5-3-2-4-6-14)19(16)12-33(35)31(47)43(32(48)34(22,33)36)28-26(40)24(38)23(37)25(39)27(28)41/h2-9,11,18-19,21-22,44H,10,12-13H2,1H3/t18-,19+,21-,22+,33+,34-/m0/s1. The van der Waals surface area contributed by atoms with Crippen molar-refractivity contribution >= 4 is 52.5 Å². The maximum atomic E-state index is 15.2. The second kappa shape index (κ2) is 11.3. The fourth-order valence-electron chi connectivity index (χ4n) is 7.84. The van der Waals surface area contributed by atoms with E-state index < -0.39 is 98.2 Å². The Labute approximate surface area is 284 Å². The number of aromatic hydroxyl groups is 1. The minimum absolute atomic E-state index is 0.00495. The zero-order valence-corrected chi connectivity index (χ0v) is 26.7. The average molecular weight is 721 g/mol. The number of allylic oxidation sites excluding steroid dienone is 2. The fraction of sp³-hybridized carbons (Fsp3) is 0.294. The predicted octanol–water partition coefficient (Wildman–Crippen LogP) is 5.86. The monoisotopic (exact) mass is 720 g/mol. The van der Waals surface area contributed by atoms with Crippen molar-refractivity contribution in [1.29, 1.82) is 0 Å². The molecule has 2 heterocycles. The lowest BCUT2D eigenvalue weighted by molar-refractivity contribution is -0.141. The highest BCUT2D eigenvalue weighted by Crippen LogP contribution is 2.66. The Balaban J connectivity index is 1.42. The van der Waals surface area contributed by atoms with E-state index in [0.717, 1.165) is 11.0 Å². The summed E-state index contributed by atoms with van der Waals surface area (Å²) in [7, 11) is 1.22. The molecule has 7 rings (SSSR count). The lowest BCUT2D eigenvalue weighted by Crippen LogP contribution is -2.60. The van der Waals surface area contributed by atoms with Crippen LogP contribution in [0.2, 0.25) is 0 Å². The van der Waals surface area contributed by atoms with E-state index >= 15 is 8.78 Å². The molecule has 3 aromatic carbocycles. The number of phenolic OH excluding ortho intramolecular Hbond substituents is 1. The maximum Gasteiger partial charge on any atom is 0.258 e. The number of rotatable bonds is 5. The van der Waals surface area contributed by atoms with Crippen LogP contribution in [-0.2, 0) is 25.7 Å². The molecule has 4 aliphatic rings. The molecule has 4 amide bonds. The zero-order valence-electron chi connectivity index (χ0n) is 25.2. The molecule has 2 saturated heterocycles. The molecular formula is C34H23Cl2F5N2O6. The molecule has 8 nitrogen and oxygen atoms in total. The molecule has 0 unspecified atom stereocenters. The molecular weight excluding hydrogens is 698 g/mol. The zero-order chi connectivity index (χ0) is 35.3. The van der Waals surface area contributed by atoms with Gasteiger partial charge in [-0.25, -0.2) is 26.9 Å². The number of benzene rings is 3. The Morgan fingerprint density at radius 1 is 0.857 bits per heavy atom. The highest BCUT2D eigenvalue weighted by molar-refractivity contribution is 6.58. The van der Waals surface area contributed by atoms with Gasteiger partial charge in [0.15, 0.2) is 33.0 Å². The average Bonchev–Trinajstić information content (AvgIpc) is 3.41. The number of imide groups is 2. The molecule has 6 atom stereocenters. The number of hydrogen-bond acceptors (Lipinski definition) is 6. The number of amides is 4. The number of carbonyl (C=O) groups excluding carboxylic acids is 4. The van der Waals surface area contributed by atoms with Crippen molar-refractivity contribution in [1.82, 2.24) is 4.90 Å². The summed E-state index contributed by atoms with van der Waals surface area (Å²) in [5, 5.41) is 10.2. The summed E-state index contributed by atoms with van der Waals surface area (Å²) in [4.78, 5) is 51.9. The van der Waals surface area contributed by atoms with Gasteiger partial charge in [-0.15, -0.1) is 23.2 Å². The van der Waals surface area contributed by atoms with Gasteiger partial charge in [-0.2, -0.15) is 0 Å². The Bertz CT molecular complexity index is 2000. The van der Waals surface area contributed by atoms with Crippen LogP contribution in [0.4, 0.5) is 27.6 Å². The van der Waals surface area contributed by atoms with Gasteiger partial charge in [0.05, 0.1) is 25.5 Å². The number of anilines is 1. The molecule has 1 saturated carbocycles. The predicted molar refractivity (Wildman–Crippen MR) is 163 cm³/mol. The lowest BCUT2D eigenvalue weighted by atomic mass is 9.56. The minimum atomic E-state index is -2.71. The van der Waals surface area contributed by atoms with Gasteiger partial charge < -0.3 is 9.84 Å². The Hall–Kier alpha value is -4.49. The first-order chi connectivity index (χ1) is 23.2. The number of fused-ring (bicyclic) bond motifs is 4. The van der Waals surface area contributed by atoms with Crippen molar-refractivity contribution in [3.8, 4) is 11.5 Å². The first-order valence-corrected chi connectivity index (χ1v) is 15.7. The van der Waals surface area contributed by atoms with Crippen LogP contribution >= 0.6 is 23.2 Å². The number of alkyl halides is 2. The van der Waals surface area contributed by atoms with Crippen LogP contribution in [0.25, 0.3) is 0 Å². The Morgan fingerprint density at radius 3 is 2.12 bits per heavy atom. The van der Waals surface area contributed by atoms with E-state index in [1.54, 1.807) is 36.4 Å². The summed E-state index contributed by atoms with van der Waals surface area (Å²) >= 11 is 14.3. The second-order valence-corrected chi connectivity index (χ2v) is 13.6. The van der Waals surface area contributed by atoms with Gasteiger partial charge in [0, 0.05) is 17.5 Å². The van der Waals surface area contributed by atoms with Crippen molar-refractivity contribution in [3.05, 3.63) is 100 Å². The van der Waals surface area contributed by atoms with Crippen LogP contribution in [0.1, 0.15) is 29.9 Å². The third-order valence-electron chi connectivity index (χ3n) is 10.0. The van der Waals surface area contributed by atoms with E-state index in [2.05, 4.69) is 0 Å². The molecule has 1 N–H and O–H groups in total. The van der Waals surface area contributed by atoms with Gasteiger partial charge in [0.1, 0.15) is 17.2 Å². The van der Waals surface area contributed by atoms with E-state index in [-0.39, 0.29) is 40.5 Å². The third kappa shape index (κ3) is 4.33. The molecule has 0 bridgehead atoms. The SMILES string of the molecule is COc1cc(O)ccc1[C@H]1C2=CC[C@@H]3C(=O)N(Cc4ccccc4)C(=O)[C@@H]3[C@@H]2C[C@@]2(Cl)C(=O)N(c3c(F)c(F)c(F)c(F)c3F)C(=O)[C@@]12Cl. The van der Waals surface area contributed by atoms with Crippen molar-refractivity contribution in [3.63, 3.8) is 0 Å². The van der Waals surface area contributed by atoms with Crippen LogP contribution in [0.15, 0.2) is 60.2 Å². The van der Waals surface area contributed by atoms with Crippen molar-refractivity contribution in [2.45, 2.75) is 35.1 Å². The van der Waals surface area contributed by atoms with E-state index in [1.165, 1.54) is 19.2 Å². The third-order valence-corrected chi connectivity index (χ3v) is 11.4. The smallest absolute Gasteiger partial charge is 0.258 e. The van der Waals surface area contributed by atoms with Crippen molar-refractivity contribution in [2.24, 2.45) is 17.8 Å². The van der Waals surface area contributed by atoms with E-state index in [0.29, 0.717) is 5.56 Å². The molecule has 0 aromatic heterocycles. The molecule has 0 spiro atoms. The molecule has 2 aliphatic carbocycles. The molecule has 3 fully saturated rings. The molecule has 3 aromatic rings. The number of ether oxygens (including phenoxy) is 1. The normalized spacial score (nSPS) is 29.2. The summed E-state index contributed by atoms with van der Waals surface area (Å²) in [5.41, 5.74) is -0.893. The molecule has 15 heteroatoms. The number of nitrogens with zero attached hydrogens (tertiary/aromatic N) is 2. The number of carbonyl (C=O) groups is 4. The first kappa shape index (κ1) is 33.0. The number of hydrogen-bond donors (Lipinski definition) is 1. The van der Waals surface area contributed by atoms with Crippen LogP contribution in [0.3, 0.4) is 0 Å². The molecule has 0 radical (unpaired) electrons. The van der Waals surface area contributed by atoms with Crippen LogP contribution < -0.4 is 9.64 Å². The van der Waals surface area contributed by atoms with E-state index in [4.69, 9.17) is 27.9 Å². The summed E-state index contributed by atoms with van der Waals surface area (Å²) in [6.45, 7) is -0.0559. The Morgan fingerprint density at radius 2 is 1.49 bits per heavy atom. The Kier molecular flexibility index (Phi) is 7.60. The van der Waals surface area contributed by atoms with Gasteiger partial charge in [0.2, 0.25) is 17.6 Å². The van der Waals surface area contributed by atoms with Crippen molar-refractivity contribution < 1.29 is 51.0 Å². The molecule has 2 aliphatic heterocycles. The molecule has 254 valence electrons. The summed E-state index contributed by atoms with van der Waals surface area (Å²) < 4.78 is 78.7. The van der Waals surface area contributed by atoms with E-state index in [9.17, 15) is 37.5 Å². The number of methoxy groups -OCH3 is 1. The number of phenols is 1. The number of halogens is 7. The summed E-state index contributed by atoms with van der Waals surface area (Å²) in [6, 6.07) is 12.4. The van der Waals surface area contributed by atoms with Crippen LogP contribution in [0, 0.1) is 46.8 Å². The highest BCUT2D eigenvalue weighted by Gasteiger charge is 2.77. The maximum absolute atomic E-state index is 15.2. The van der Waals surface area contributed by atoms with Crippen LogP contribution in [0.5, 0.6) is 11.5 Å². The topological polar surface area (TPSA) is 104 Å². The summed E-state index contributed by atoms with van der Waals surface area (Å²) in [5.74, 6) is -21.6. The minimum Gasteiger partial charge on any atom is -0.508 e. The van der Waals surface area contributed by atoms with Gasteiger partial charge in [-0.3, -0.25) is 24.1 Å². The molecule has 49 heavy (non-hydrogen) atoms. The van der Waals surface area contributed by atoms with E-state index in [1.807, 2.05) is 0 Å². The van der Waals surface area contributed by atoms with Gasteiger partial charge in [0.25, 0.3) is 11.8 Å². The van der Waals surface area contributed by atoms with Gasteiger partial charge in [-0.1, -0.05) is 48.0 Å². The summed E-state index contributed by atoms with van der Waals surface area (Å²) in [6.07, 6.45) is 0.949.